The van der Waals surface area contributed by atoms with Gasteiger partial charge in [0.2, 0.25) is 0 Å². The van der Waals surface area contributed by atoms with Crippen LogP contribution in [-0.4, -0.2) is 28.0 Å². The Bertz CT molecular complexity index is 648. The Balaban J connectivity index is 1.49. The van der Waals surface area contributed by atoms with Crippen molar-refractivity contribution < 1.29 is 9.21 Å². The molecule has 0 aromatic carbocycles. The molecule has 6 nitrogen and oxygen atoms in total. The Kier molecular flexibility index (Phi) is 4.54. The molecule has 0 spiro atoms. The maximum absolute atomic E-state index is 12.0. The van der Waals surface area contributed by atoms with Crippen molar-refractivity contribution in [2.24, 2.45) is 18.7 Å². The van der Waals surface area contributed by atoms with Gasteiger partial charge >= 0.3 is 0 Å². The molecule has 0 aliphatic heterocycles. The zero-order valence-corrected chi connectivity index (χ0v) is 13.3. The minimum atomic E-state index is -0.204. The van der Waals surface area contributed by atoms with Gasteiger partial charge in [-0.15, -0.1) is 0 Å². The molecule has 1 aliphatic rings. The predicted molar refractivity (Wildman–Crippen MR) is 84.5 cm³/mol. The van der Waals surface area contributed by atoms with Crippen LogP contribution in [0.1, 0.15) is 29.2 Å². The largest absolute Gasteiger partial charge is 0.455 e. The Morgan fingerprint density at radius 1 is 1.59 bits per heavy atom. The highest BCUT2D eigenvalue weighted by atomic mass is 32.2. The molecular weight excluding hydrogens is 300 g/mol. The molecule has 0 radical (unpaired) electrons. The number of carbonyl (C=O) groups excluding carboxylic acids is 1. The molecule has 1 unspecified atom stereocenters. The monoisotopic (exact) mass is 320 g/mol. The Labute approximate surface area is 133 Å². The quantitative estimate of drug-likeness (QED) is 0.759. The maximum Gasteiger partial charge on any atom is 0.287 e. The number of hydrogen-bond donors (Lipinski definition) is 2. The summed E-state index contributed by atoms with van der Waals surface area (Å²) in [6.07, 6.45) is 6.00. The zero-order valence-electron chi connectivity index (χ0n) is 12.5. The number of nitrogens with two attached hydrogens (primary N) is 1. The summed E-state index contributed by atoms with van der Waals surface area (Å²) in [7, 11) is 1.94. The van der Waals surface area contributed by atoms with Crippen molar-refractivity contribution >= 4 is 17.7 Å². The highest BCUT2D eigenvalue weighted by Gasteiger charge is 2.28. The zero-order chi connectivity index (χ0) is 15.5. The van der Waals surface area contributed by atoms with E-state index in [-0.39, 0.29) is 11.9 Å². The highest BCUT2D eigenvalue weighted by Crippen LogP contribution is 2.31. The lowest BCUT2D eigenvalue weighted by Crippen LogP contribution is -2.38. The second-order valence-corrected chi connectivity index (χ2v) is 6.53. The van der Waals surface area contributed by atoms with Crippen molar-refractivity contribution in [2.45, 2.75) is 29.8 Å². The average Bonchev–Trinajstić information content (AvgIpc) is 3.12. The van der Waals surface area contributed by atoms with E-state index < -0.39 is 0 Å². The number of nitrogens with zero attached hydrogens (tertiary/aromatic N) is 2. The number of aromatic nitrogens is 2. The van der Waals surface area contributed by atoms with E-state index in [0.29, 0.717) is 24.0 Å². The molecule has 2 heterocycles. The second kappa shape index (κ2) is 6.58. The number of furan rings is 1. The van der Waals surface area contributed by atoms with Gasteiger partial charge in [-0.3, -0.25) is 4.79 Å². The van der Waals surface area contributed by atoms with Gasteiger partial charge in [0.05, 0.1) is 5.75 Å². The minimum Gasteiger partial charge on any atom is -0.455 e. The third kappa shape index (κ3) is 3.72. The van der Waals surface area contributed by atoms with E-state index in [2.05, 4.69) is 10.3 Å². The molecule has 1 atom stereocenters. The van der Waals surface area contributed by atoms with E-state index >= 15 is 0 Å². The minimum absolute atomic E-state index is 0.0531. The van der Waals surface area contributed by atoms with Crippen LogP contribution in [0.4, 0.5) is 0 Å². The molecular formula is C15H20N4O2S. The lowest BCUT2D eigenvalue weighted by atomic mass is 10.2. The third-order valence-electron chi connectivity index (χ3n) is 3.73. The number of hydrogen-bond acceptors (Lipinski definition) is 5. The van der Waals surface area contributed by atoms with Gasteiger partial charge in [-0.1, -0.05) is 11.8 Å². The smallest absolute Gasteiger partial charge is 0.287 e. The number of thioether (sulfide) groups is 1. The van der Waals surface area contributed by atoms with Crippen molar-refractivity contribution in [3.05, 3.63) is 36.0 Å². The molecule has 1 aliphatic carbocycles. The van der Waals surface area contributed by atoms with Gasteiger partial charge in [0, 0.05) is 32.0 Å². The van der Waals surface area contributed by atoms with Crippen molar-refractivity contribution in [2.75, 3.05) is 6.54 Å². The molecule has 3 N–H and O–H groups in total. The summed E-state index contributed by atoms with van der Waals surface area (Å²) in [5.41, 5.74) is 5.97. The SMILES string of the molecule is Cn1ccnc1SCc1ccc(C(=O)NCC(N)C2CC2)o1. The number of aryl methyl sites for hydroxylation is 1. The van der Waals surface area contributed by atoms with E-state index in [9.17, 15) is 4.79 Å². The summed E-state index contributed by atoms with van der Waals surface area (Å²) in [4.78, 5) is 16.2. The van der Waals surface area contributed by atoms with Gasteiger partial charge in [-0.2, -0.15) is 0 Å². The van der Waals surface area contributed by atoms with Crippen molar-refractivity contribution in [1.29, 1.82) is 0 Å². The number of nitrogens with one attached hydrogen (secondary N) is 1. The Morgan fingerprint density at radius 2 is 2.41 bits per heavy atom. The van der Waals surface area contributed by atoms with Gasteiger partial charge in [0.25, 0.3) is 5.91 Å². The molecule has 2 aromatic heterocycles. The molecule has 118 valence electrons. The summed E-state index contributed by atoms with van der Waals surface area (Å²) in [6, 6.07) is 3.58. The van der Waals surface area contributed by atoms with Crippen LogP contribution < -0.4 is 11.1 Å². The average molecular weight is 320 g/mol. The first-order valence-electron chi connectivity index (χ1n) is 7.36. The molecule has 7 heteroatoms. The van der Waals surface area contributed by atoms with Crippen LogP contribution in [-0.2, 0) is 12.8 Å². The fourth-order valence-electron chi connectivity index (χ4n) is 2.19. The second-order valence-electron chi connectivity index (χ2n) is 5.59. The highest BCUT2D eigenvalue weighted by molar-refractivity contribution is 7.98. The summed E-state index contributed by atoms with van der Waals surface area (Å²) in [5, 5.41) is 3.75. The van der Waals surface area contributed by atoms with Crippen LogP contribution in [0.2, 0.25) is 0 Å². The first kappa shape index (κ1) is 15.2. The normalized spacial score (nSPS) is 15.7. The summed E-state index contributed by atoms with van der Waals surface area (Å²) in [5.74, 6) is 2.09. The van der Waals surface area contributed by atoms with Gasteiger partial charge in [0.1, 0.15) is 5.76 Å². The van der Waals surface area contributed by atoms with Crippen LogP contribution in [0.25, 0.3) is 0 Å². The first-order valence-corrected chi connectivity index (χ1v) is 8.34. The van der Waals surface area contributed by atoms with Crippen LogP contribution in [0, 0.1) is 5.92 Å². The summed E-state index contributed by atoms with van der Waals surface area (Å²) in [6.45, 7) is 0.502. The van der Waals surface area contributed by atoms with Crippen LogP contribution in [0.3, 0.4) is 0 Å². The van der Waals surface area contributed by atoms with Crippen molar-refractivity contribution in [3.63, 3.8) is 0 Å². The molecule has 1 amide bonds. The third-order valence-corrected chi connectivity index (χ3v) is 4.81. The maximum atomic E-state index is 12.0. The lowest BCUT2D eigenvalue weighted by Gasteiger charge is -2.10. The van der Waals surface area contributed by atoms with E-state index in [0.717, 1.165) is 10.9 Å². The molecule has 22 heavy (non-hydrogen) atoms. The van der Waals surface area contributed by atoms with E-state index in [4.69, 9.17) is 10.2 Å². The number of imidazole rings is 1. The van der Waals surface area contributed by atoms with E-state index in [1.54, 1.807) is 24.0 Å². The topological polar surface area (TPSA) is 86.1 Å². The molecule has 2 aromatic rings. The predicted octanol–water partition coefficient (Wildman–Crippen LogP) is 1.77. The summed E-state index contributed by atoms with van der Waals surface area (Å²) < 4.78 is 7.53. The number of carbonyl (C=O) groups is 1. The van der Waals surface area contributed by atoms with E-state index in [1.165, 1.54) is 12.8 Å². The van der Waals surface area contributed by atoms with Gasteiger partial charge in [0.15, 0.2) is 10.9 Å². The van der Waals surface area contributed by atoms with Crippen molar-refractivity contribution in [3.8, 4) is 0 Å². The van der Waals surface area contributed by atoms with Gasteiger partial charge in [-0.05, 0) is 30.9 Å². The van der Waals surface area contributed by atoms with Gasteiger partial charge < -0.3 is 20.0 Å². The lowest BCUT2D eigenvalue weighted by molar-refractivity contribution is 0.0921. The van der Waals surface area contributed by atoms with Crippen LogP contribution in [0.5, 0.6) is 0 Å². The fraction of sp³-hybridized carbons (Fsp3) is 0.467. The molecule has 3 rings (SSSR count). The molecule has 1 saturated carbocycles. The Morgan fingerprint density at radius 3 is 3.09 bits per heavy atom. The standard InChI is InChI=1S/C15H20N4O2S/c1-19-7-6-17-15(19)22-9-11-4-5-13(21-11)14(20)18-8-12(16)10-2-3-10/h4-7,10,12H,2-3,8-9,16H2,1H3,(H,18,20). The first-order chi connectivity index (χ1) is 10.6. The van der Waals surface area contributed by atoms with Gasteiger partial charge in [-0.25, -0.2) is 4.98 Å². The van der Waals surface area contributed by atoms with Crippen LogP contribution in [0.15, 0.2) is 34.1 Å². The molecule has 1 fully saturated rings. The fourth-order valence-corrected chi connectivity index (χ4v) is 3.02. The Hall–Kier alpha value is -1.73. The summed E-state index contributed by atoms with van der Waals surface area (Å²) >= 11 is 1.57. The molecule has 0 saturated heterocycles. The van der Waals surface area contributed by atoms with Crippen molar-refractivity contribution in [1.82, 2.24) is 14.9 Å². The number of rotatable bonds is 7. The van der Waals surface area contributed by atoms with Crippen LogP contribution >= 0.6 is 11.8 Å². The van der Waals surface area contributed by atoms with E-state index in [1.807, 2.05) is 23.9 Å². The number of amides is 1. The molecule has 0 bridgehead atoms.